The number of benzene rings is 2. The Morgan fingerprint density at radius 3 is 1.24 bits per heavy atom. The quantitative estimate of drug-likeness (QED) is 0.0196. The Labute approximate surface area is 525 Å². The summed E-state index contributed by atoms with van der Waals surface area (Å²) in [5, 5.41) is 67.1. The van der Waals surface area contributed by atoms with Gasteiger partial charge in [-0.25, -0.2) is 0 Å². The summed E-state index contributed by atoms with van der Waals surface area (Å²) >= 11 is 2.92. The van der Waals surface area contributed by atoms with E-state index in [4.69, 9.17) is 11.5 Å². The Morgan fingerprint density at radius 1 is 0.544 bits per heavy atom. The summed E-state index contributed by atoms with van der Waals surface area (Å²) in [5.41, 5.74) is 9.40. The average Bonchev–Trinajstić information content (AvgIpc) is 1.09. The number of phenolic OH excluding ortho intramolecular Hbond substituents is 2. The van der Waals surface area contributed by atoms with Gasteiger partial charge in [0.2, 0.25) is 70.6 Å². The zero-order valence-corrected chi connectivity index (χ0v) is 51.7. The van der Waals surface area contributed by atoms with Crippen LogP contribution < -0.4 is 64.6 Å². The van der Waals surface area contributed by atoms with Gasteiger partial charge in [0.15, 0.2) is 0 Å². The van der Waals surface area contributed by atoms with Gasteiger partial charge < -0.3 is 94.9 Å². The molecule has 0 spiro atoms. The second kappa shape index (κ2) is 34.3. The molecule has 2 aromatic rings. The summed E-state index contributed by atoms with van der Waals surface area (Å²) in [7, 11) is 0. The van der Waals surface area contributed by atoms with E-state index in [1.807, 2.05) is 12.5 Å². The van der Waals surface area contributed by atoms with Gasteiger partial charge in [-0.1, -0.05) is 0 Å². The highest BCUT2D eigenvalue weighted by Gasteiger charge is 2.41. The van der Waals surface area contributed by atoms with Crippen molar-refractivity contribution in [1.29, 1.82) is 0 Å². The maximum Gasteiger partial charge on any atom is 0.305 e. The third-order valence-electron chi connectivity index (χ3n) is 14.9. The zero-order valence-electron chi connectivity index (χ0n) is 50.0. The number of carbonyl (C=O) groups is 14. The lowest BCUT2D eigenvalue weighted by molar-refractivity contribution is -0.141. The zero-order chi connectivity index (χ0) is 66.5. The number of anilines is 2. The minimum Gasteiger partial charge on any atom is -0.507 e. The van der Waals surface area contributed by atoms with Gasteiger partial charge in [-0.3, -0.25) is 67.1 Å². The second-order valence-electron chi connectivity index (χ2n) is 21.4. The van der Waals surface area contributed by atoms with E-state index in [9.17, 15) is 87.5 Å². The molecule has 0 bridgehead atoms. The Morgan fingerprint density at radius 2 is 0.911 bits per heavy atom. The number of carboxylic acids is 2. The van der Waals surface area contributed by atoms with Crippen LogP contribution in [0.4, 0.5) is 11.4 Å². The van der Waals surface area contributed by atoms with Crippen LogP contribution in [0.15, 0.2) is 24.3 Å². The van der Waals surface area contributed by atoms with Crippen LogP contribution in [0.2, 0.25) is 0 Å². The van der Waals surface area contributed by atoms with Gasteiger partial charge in [-0.05, 0) is 101 Å². The lowest BCUT2D eigenvalue weighted by atomic mass is 9.81. The molecule has 2 heterocycles. The maximum atomic E-state index is 14.3. The van der Waals surface area contributed by atoms with E-state index in [1.54, 1.807) is 0 Å². The molecule has 0 unspecified atom stereocenters. The molecule has 90 heavy (non-hydrogen) atoms. The van der Waals surface area contributed by atoms with Crippen LogP contribution in [0, 0.1) is 0 Å². The van der Waals surface area contributed by atoms with Crippen molar-refractivity contribution >= 4 is 117 Å². The average molecular weight is 1300 g/mol. The van der Waals surface area contributed by atoms with Crippen LogP contribution in [0.25, 0.3) is 0 Å². The summed E-state index contributed by atoms with van der Waals surface area (Å²) in [6.07, 6.45) is 4.24. The molecule has 5 rings (SSSR count). The van der Waals surface area contributed by atoms with Crippen molar-refractivity contribution in [3.63, 3.8) is 0 Å². The number of thioether (sulfide) groups is 2. The van der Waals surface area contributed by atoms with Crippen molar-refractivity contribution < 1.29 is 87.5 Å². The monoisotopic (exact) mass is 1300 g/mol. The standard InChI is InChI=1S/C56H78N14O18S2/c1-27(55(87)69-19-5-7-35(69)53(85)67-31(49(57)81)13-21-89-3)65-39(73)25-63-51(83)33(23-41(75)76)61-17-15-59-29-9-10-30(44-43(29)47(79)45-37(71)11-12-38(72)46(45)48(44)80)60-16-18-62-34(24-42(77)78)52(84)64-26-40(74)66-28(2)56(88)70-20-6-8-36(70)54(86)68-32(50(58)82)14-22-90-4/h9-12,27-28,31-36,59-62,71-72H,5-8,13-26H2,1-4H3,(H2,57,81)(H2,58,82)(H,63,83)(H,64,84)(H,65,73)(H,66,74)(H,67,85)(H,68,86)(H,75,76)(H,77,78)/t27-,28-,31-,32-,33-,34-,35-,36-/m0/s1. The minimum absolute atomic E-state index is 0.0182. The molecule has 34 heteroatoms. The number of likely N-dealkylation sites (tertiary alicyclic amines) is 2. The Hall–Kier alpha value is -8.76. The van der Waals surface area contributed by atoms with Crippen LogP contribution in [0.1, 0.15) is 97.1 Å². The van der Waals surface area contributed by atoms with Gasteiger partial charge in [0.05, 0.1) is 60.3 Å². The van der Waals surface area contributed by atoms with Crippen molar-refractivity contribution in [2.24, 2.45) is 11.5 Å². The first-order chi connectivity index (χ1) is 42.7. The second-order valence-corrected chi connectivity index (χ2v) is 23.3. The fourth-order valence-electron chi connectivity index (χ4n) is 10.4. The van der Waals surface area contributed by atoms with Gasteiger partial charge in [0, 0.05) is 50.6 Å². The van der Waals surface area contributed by atoms with Crippen LogP contribution >= 0.6 is 23.5 Å². The largest absolute Gasteiger partial charge is 0.507 e. The number of nitrogens with one attached hydrogen (secondary N) is 10. The lowest BCUT2D eigenvalue weighted by Gasteiger charge is -2.28. The van der Waals surface area contributed by atoms with Gasteiger partial charge in [0.25, 0.3) is 0 Å². The number of rotatable bonds is 36. The van der Waals surface area contributed by atoms with Gasteiger partial charge in [-0.15, -0.1) is 0 Å². The van der Waals surface area contributed by atoms with Crippen molar-refractivity contribution in [2.45, 2.75) is 114 Å². The number of hydrogen-bond acceptors (Lipinski definition) is 22. The number of nitrogens with zero attached hydrogens (tertiary/aromatic N) is 2. The smallest absolute Gasteiger partial charge is 0.305 e. The van der Waals surface area contributed by atoms with Crippen molar-refractivity contribution in [2.75, 3.05) is 87.0 Å². The first-order valence-corrected chi connectivity index (χ1v) is 31.6. The van der Waals surface area contributed by atoms with Gasteiger partial charge in [-0.2, -0.15) is 23.5 Å². The number of carbonyl (C=O) groups excluding carboxylic acids is 12. The number of primary amides is 2. The number of hydrogen-bond donors (Lipinski definition) is 16. The molecule has 492 valence electrons. The summed E-state index contributed by atoms with van der Waals surface area (Å²) in [6, 6.07) is -4.13. The van der Waals surface area contributed by atoms with Crippen LogP contribution in [0.3, 0.4) is 0 Å². The third-order valence-corrected chi connectivity index (χ3v) is 16.2. The lowest BCUT2D eigenvalue weighted by Crippen LogP contribution is -2.56. The van der Waals surface area contributed by atoms with Gasteiger partial charge >= 0.3 is 11.9 Å². The molecule has 18 N–H and O–H groups in total. The number of fused-ring (bicyclic) bond motifs is 2. The Balaban J connectivity index is 1.17. The van der Waals surface area contributed by atoms with Crippen molar-refractivity contribution in [1.82, 2.24) is 52.3 Å². The summed E-state index contributed by atoms with van der Waals surface area (Å²) in [4.78, 5) is 184. The maximum absolute atomic E-state index is 14.3. The van der Waals surface area contributed by atoms with E-state index in [-0.39, 0.29) is 74.6 Å². The molecule has 0 saturated carbocycles. The number of ketones is 2. The minimum atomic E-state index is -1.44. The molecule has 3 aliphatic rings. The number of amides is 10. The highest BCUT2D eigenvalue weighted by atomic mass is 32.2. The van der Waals surface area contributed by atoms with E-state index < -0.39 is 179 Å². The fraction of sp³-hybridized carbons (Fsp3) is 0.536. The first-order valence-electron chi connectivity index (χ1n) is 28.8. The Bertz CT molecular complexity index is 2880. The molecule has 0 radical (unpaired) electrons. The predicted octanol–water partition coefficient (Wildman–Crippen LogP) is -3.77. The third kappa shape index (κ3) is 19.6. The van der Waals surface area contributed by atoms with Crippen LogP contribution in [-0.2, 0) is 57.5 Å². The summed E-state index contributed by atoms with van der Waals surface area (Å²) in [6.45, 7) is 1.13. The van der Waals surface area contributed by atoms with E-state index in [1.165, 1.54) is 59.3 Å². The van der Waals surface area contributed by atoms with E-state index in [2.05, 4.69) is 53.2 Å². The fourth-order valence-corrected chi connectivity index (χ4v) is 11.3. The molecule has 2 aliphatic heterocycles. The number of phenols is 2. The van der Waals surface area contributed by atoms with Crippen molar-refractivity contribution in [3.8, 4) is 11.5 Å². The summed E-state index contributed by atoms with van der Waals surface area (Å²) < 4.78 is 0. The van der Waals surface area contributed by atoms with Crippen LogP contribution in [-0.4, -0.2) is 238 Å². The van der Waals surface area contributed by atoms with Crippen molar-refractivity contribution in [3.05, 3.63) is 46.5 Å². The first kappa shape index (κ1) is 72.0. The molecule has 0 aromatic heterocycles. The SMILES string of the molecule is CSCC[C@H](NC(=O)[C@@H]1CCCN1C(=O)[C@H](C)NC(=O)CNC(=O)[C@H](CC(=O)O)NCCNc1ccc(NCCN[C@@H](CC(=O)O)C(=O)NCC(=O)N[C@@H](C)C(=O)N2CCC[C@H]2C(=O)N[C@@H](CCSC)C(N)=O)c2c1C(=O)c1c(O)ccc(O)c1C2=O)C(N)=O. The molecular formula is C56H78N14O18S2. The molecule has 10 amide bonds. The number of nitrogens with two attached hydrogens (primary N) is 2. The van der Waals surface area contributed by atoms with Gasteiger partial charge in [0.1, 0.15) is 47.8 Å². The predicted molar refractivity (Wildman–Crippen MR) is 327 cm³/mol. The molecule has 2 saturated heterocycles. The van der Waals surface area contributed by atoms with E-state index in [0.29, 0.717) is 37.2 Å². The number of aliphatic carboxylic acids is 2. The molecule has 2 fully saturated rings. The number of carboxylic acid groups (broad SMARTS) is 2. The van der Waals surface area contributed by atoms with E-state index in [0.717, 1.165) is 12.1 Å². The van der Waals surface area contributed by atoms with Crippen LogP contribution in [0.5, 0.6) is 11.5 Å². The molecule has 2 aromatic carbocycles. The normalized spacial score (nSPS) is 17.0. The van der Waals surface area contributed by atoms with E-state index >= 15 is 0 Å². The highest BCUT2D eigenvalue weighted by Crippen LogP contribution is 2.42. The highest BCUT2D eigenvalue weighted by molar-refractivity contribution is 7.98. The molecule has 32 nitrogen and oxygen atoms in total. The molecule has 1 aliphatic carbocycles. The summed E-state index contributed by atoms with van der Waals surface area (Å²) in [5.74, 6) is -12.0. The molecule has 8 atom stereocenters. The topological polar surface area (TPSA) is 499 Å². The Kier molecular flexibility index (Phi) is 27.4. The number of aromatic hydroxyl groups is 2. The molecular weight excluding hydrogens is 1220 g/mol.